The van der Waals surface area contributed by atoms with Crippen LogP contribution >= 0.6 is 11.8 Å². The van der Waals surface area contributed by atoms with E-state index in [1.807, 2.05) is 54.1 Å². The fourth-order valence-corrected chi connectivity index (χ4v) is 4.46. The summed E-state index contributed by atoms with van der Waals surface area (Å²) in [4.78, 5) is 17.3. The van der Waals surface area contributed by atoms with Crippen LogP contribution in [0.1, 0.15) is 44.4 Å². The van der Waals surface area contributed by atoms with E-state index in [-0.39, 0.29) is 11.8 Å². The molecule has 1 atom stereocenters. The smallest absolute Gasteiger partial charge is 0.227 e. The van der Waals surface area contributed by atoms with Crippen molar-refractivity contribution >= 4 is 23.5 Å². The lowest BCUT2D eigenvalue weighted by molar-refractivity contribution is -0.114. The highest BCUT2D eigenvalue weighted by Gasteiger charge is 2.32. The van der Waals surface area contributed by atoms with E-state index in [0.717, 1.165) is 29.2 Å². The van der Waals surface area contributed by atoms with Gasteiger partial charge in [-0.2, -0.15) is 4.98 Å². The second kappa shape index (κ2) is 9.39. The first kappa shape index (κ1) is 21.2. The molecule has 6 nitrogen and oxygen atoms in total. The largest absolute Gasteiger partial charge is 0.494 e. The van der Waals surface area contributed by atoms with Crippen LogP contribution in [0.3, 0.4) is 0 Å². The van der Waals surface area contributed by atoms with Gasteiger partial charge < -0.3 is 10.1 Å². The molecule has 0 bridgehead atoms. The van der Waals surface area contributed by atoms with Crippen molar-refractivity contribution < 1.29 is 9.53 Å². The van der Waals surface area contributed by atoms with E-state index < -0.39 is 0 Å². The Hall–Kier alpha value is -3.06. The zero-order valence-corrected chi connectivity index (χ0v) is 18.8. The number of carbonyl (C=O) groups is 1. The first-order valence-corrected chi connectivity index (χ1v) is 11.4. The number of rotatable bonds is 8. The zero-order chi connectivity index (χ0) is 21.8. The molecular weight excluding hydrogens is 408 g/mol. The number of allylic oxidation sites excluding steroid dienone is 2. The van der Waals surface area contributed by atoms with Crippen molar-refractivity contribution in [3.63, 3.8) is 0 Å². The lowest BCUT2D eigenvalue weighted by Gasteiger charge is -2.28. The Bertz CT molecular complexity index is 1110. The van der Waals surface area contributed by atoms with Crippen molar-refractivity contribution in [1.82, 2.24) is 14.8 Å². The molecule has 7 heteroatoms. The summed E-state index contributed by atoms with van der Waals surface area (Å²) in [6.45, 7) is 6.24. The maximum atomic E-state index is 12.6. The number of hydrogen-bond donors (Lipinski definition) is 1. The van der Waals surface area contributed by atoms with Crippen molar-refractivity contribution in [3.8, 4) is 5.75 Å². The third kappa shape index (κ3) is 4.66. The number of Topliss-reactive ketones (excluding diaryl/α,β-unsaturated/α-hetero) is 1. The number of aromatic nitrogens is 3. The zero-order valence-electron chi connectivity index (χ0n) is 18.0. The van der Waals surface area contributed by atoms with Gasteiger partial charge in [-0.1, -0.05) is 61.2 Å². The van der Waals surface area contributed by atoms with E-state index in [1.165, 1.54) is 5.56 Å². The number of anilines is 1. The topological polar surface area (TPSA) is 69.0 Å². The summed E-state index contributed by atoms with van der Waals surface area (Å²) in [6.07, 6.45) is 0.935. The van der Waals surface area contributed by atoms with E-state index in [2.05, 4.69) is 29.4 Å². The molecule has 0 saturated heterocycles. The van der Waals surface area contributed by atoms with Crippen LogP contribution in [0.25, 0.3) is 0 Å². The predicted molar refractivity (Wildman–Crippen MR) is 123 cm³/mol. The van der Waals surface area contributed by atoms with Gasteiger partial charge in [0.1, 0.15) is 11.8 Å². The maximum absolute atomic E-state index is 12.6. The molecule has 0 fully saturated rings. The number of benzene rings is 2. The predicted octanol–water partition coefficient (Wildman–Crippen LogP) is 5.24. The second-order valence-electron chi connectivity index (χ2n) is 7.48. The third-order valence-electron chi connectivity index (χ3n) is 5.07. The van der Waals surface area contributed by atoms with Crippen LogP contribution in [0.5, 0.6) is 5.75 Å². The SMILES string of the molecule is CCCOc1cccc(C2C(C(C)=O)=C(C)Nc3nc(SCc4ccccc4)nn32)c1. The summed E-state index contributed by atoms with van der Waals surface area (Å²) in [5.74, 6) is 2.22. The average Bonchev–Trinajstić information content (AvgIpc) is 3.18. The van der Waals surface area contributed by atoms with Gasteiger partial charge in [-0.15, -0.1) is 5.10 Å². The molecule has 1 aliphatic heterocycles. The number of hydrogen-bond acceptors (Lipinski definition) is 6. The van der Waals surface area contributed by atoms with Gasteiger partial charge in [0, 0.05) is 17.0 Å². The van der Waals surface area contributed by atoms with Gasteiger partial charge in [0.25, 0.3) is 0 Å². The Morgan fingerprint density at radius 3 is 2.74 bits per heavy atom. The molecule has 0 amide bonds. The number of nitrogens with one attached hydrogen (secondary N) is 1. The molecule has 1 aliphatic rings. The maximum Gasteiger partial charge on any atom is 0.227 e. The monoisotopic (exact) mass is 434 g/mol. The van der Waals surface area contributed by atoms with E-state index >= 15 is 0 Å². The van der Waals surface area contributed by atoms with Crippen LogP contribution in [-0.2, 0) is 10.5 Å². The van der Waals surface area contributed by atoms with Gasteiger partial charge in [-0.3, -0.25) is 4.79 Å². The number of fused-ring (bicyclic) bond motifs is 1. The van der Waals surface area contributed by atoms with Crippen molar-refractivity contribution in [2.75, 3.05) is 11.9 Å². The molecule has 160 valence electrons. The highest BCUT2D eigenvalue weighted by molar-refractivity contribution is 7.98. The highest BCUT2D eigenvalue weighted by Crippen LogP contribution is 2.37. The first-order chi connectivity index (χ1) is 15.1. The molecule has 31 heavy (non-hydrogen) atoms. The Labute approximate surface area is 186 Å². The molecule has 0 spiro atoms. The molecular formula is C24H26N4O2S. The molecule has 2 aromatic carbocycles. The summed E-state index contributed by atoms with van der Waals surface area (Å²) in [7, 11) is 0. The third-order valence-corrected chi connectivity index (χ3v) is 5.98. The normalized spacial score (nSPS) is 15.4. The van der Waals surface area contributed by atoms with E-state index in [9.17, 15) is 4.79 Å². The summed E-state index contributed by atoms with van der Waals surface area (Å²) in [5, 5.41) is 8.70. The lowest BCUT2D eigenvalue weighted by Crippen LogP contribution is -2.27. The van der Waals surface area contributed by atoms with Crippen LogP contribution in [-0.4, -0.2) is 27.2 Å². The van der Waals surface area contributed by atoms with E-state index in [0.29, 0.717) is 23.3 Å². The summed E-state index contributed by atoms with van der Waals surface area (Å²) < 4.78 is 7.64. The fraction of sp³-hybridized carbons (Fsp3) is 0.292. The standard InChI is InChI=1S/C24H26N4O2S/c1-4-13-30-20-12-8-11-19(14-20)22-21(17(3)29)16(2)25-23-26-24(27-28(22)23)31-15-18-9-6-5-7-10-18/h5-12,14,22H,4,13,15H2,1-3H3,(H,25,26,27). The Morgan fingerprint density at radius 2 is 2.00 bits per heavy atom. The highest BCUT2D eigenvalue weighted by atomic mass is 32.2. The van der Waals surface area contributed by atoms with Crippen LogP contribution in [0, 0.1) is 0 Å². The van der Waals surface area contributed by atoms with Crippen LogP contribution < -0.4 is 10.1 Å². The molecule has 1 unspecified atom stereocenters. The summed E-state index contributed by atoms with van der Waals surface area (Å²) >= 11 is 1.58. The second-order valence-corrected chi connectivity index (χ2v) is 8.42. The van der Waals surface area contributed by atoms with Crippen molar-refractivity contribution in [1.29, 1.82) is 0 Å². The van der Waals surface area contributed by atoms with Crippen molar-refractivity contribution in [3.05, 3.63) is 77.0 Å². The molecule has 1 aromatic heterocycles. The van der Waals surface area contributed by atoms with Gasteiger partial charge in [0.15, 0.2) is 5.78 Å². The Kier molecular flexibility index (Phi) is 6.42. The van der Waals surface area contributed by atoms with E-state index in [1.54, 1.807) is 18.7 Å². The Balaban J connectivity index is 1.68. The number of ketones is 1. The molecule has 0 saturated carbocycles. The van der Waals surface area contributed by atoms with Crippen molar-refractivity contribution in [2.24, 2.45) is 0 Å². The lowest BCUT2D eigenvalue weighted by atomic mass is 9.93. The molecule has 3 aromatic rings. The summed E-state index contributed by atoms with van der Waals surface area (Å²) in [5.41, 5.74) is 3.65. The Morgan fingerprint density at radius 1 is 1.19 bits per heavy atom. The van der Waals surface area contributed by atoms with Gasteiger partial charge in [-0.25, -0.2) is 4.68 Å². The van der Waals surface area contributed by atoms with Gasteiger partial charge >= 0.3 is 0 Å². The molecule has 0 aliphatic carbocycles. The molecule has 1 N–H and O–H groups in total. The minimum atomic E-state index is -0.350. The quantitative estimate of drug-likeness (QED) is 0.489. The van der Waals surface area contributed by atoms with Gasteiger partial charge in [-0.05, 0) is 43.5 Å². The van der Waals surface area contributed by atoms with Crippen LogP contribution in [0.15, 0.2) is 71.0 Å². The minimum absolute atomic E-state index is 0.00881. The minimum Gasteiger partial charge on any atom is -0.494 e. The molecule has 2 heterocycles. The number of nitrogens with zero attached hydrogens (tertiary/aromatic N) is 3. The number of ether oxygens (including phenoxy) is 1. The van der Waals surface area contributed by atoms with E-state index in [4.69, 9.17) is 9.84 Å². The number of carbonyl (C=O) groups excluding carboxylic acids is 1. The molecule has 4 rings (SSSR count). The number of thioether (sulfide) groups is 1. The first-order valence-electron chi connectivity index (χ1n) is 10.4. The van der Waals surface area contributed by atoms with Gasteiger partial charge in [0.2, 0.25) is 11.1 Å². The molecule has 0 radical (unpaired) electrons. The summed E-state index contributed by atoms with van der Waals surface area (Å²) in [6, 6.07) is 17.8. The van der Waals surface area contributed by atoms with Crippen LogP contribution in [0.4, 0.5) is 5.95 Å². The van der Waals surface area contributed by atoms with Gasteiger partial charge in [0.05, 0.1) is 6.61 Å². The fourth-order valence-electron chi connectivity index (χ4n) is 3.67. The average molecular weight is 435 g/mol. The van der Waals surface area contributed by atoms with Crippen LogP contribution in [0.2, 0.25) is 0 Å². The van der Waals surface area contributed by atoms with Crippen molar-refractivity contribution in [2.45, 2.75) is 44.1 Å².